The number of aromatic carboxylic acids is 1. The Kier molecular flexibility index (Phi) is 7.73. The van der Waals surface area contributed by atoms with Crippen LogP contribution in [-0.4, -0.2) is 45.9 Å². The number of carboxylic acids is 1. The minimum Gasteiger partial charge on any atom is -0.493 e. The first kappa shape index (κ1) is 27.9. The fourth-order valence-corrected chi connectivity index (χ4v) is 5.23. The van der Waals surface area contributed by atoms with Crippen LogP contribution >= 0.6 is 0 Å². The third kappa shape index (κ3) is 5.76. The molecule has 0 aliphatic carbocycles. The number of hydrogen-bond acceptors (Lipinski definition) is 7. The Hall–Kier alpha value is -5.27. The Labute approximate surface area is 246 Å². The zero-order valence-corrected chi connectivity index (χ0v) is 23.3. The van der Waals surface area contributed by atoms with E-state index in [1.54, 1.807) is 49.6 Å². The molecule has 0 amide bonds. The molecule has 10 heteroatoms. The standard InChI is InChI=1S/C33H27FN4O5/c1-41-14-12-38-28-17-23(33(39)40)8-10-27(28)36-31(38)18-21-6-7-22(16-25(21)34)26-3-2-4-32(37-26)43-29-11-13-42-30-15-20(19-35)5-9-24(29)30/h2-10,15-17,29H,11-14,18H2,1H3,(H,39,40). The molecule has 1 unspecified atom stereocenters. The van der Waals surface area contributed by atoms with Gasteiger partial charge in [-0.15, -0.1) is 0 Å². The number of imidazole rings is 1. The molecular weight excluding hydrogens is 551 g/mol. The van der Waals surface area contributed by atoms with Crippen molar-refractivity contribution in [3.63, 3.8) is 0 Å². The van der Waals surface area contributed by atoms with Gasteiger partial charge in [0.1, 0.15) is 23.5 Å². The number of rotatable bonds is 9. The molecule has 0 saturated carbocycles. The van der Waals surface area contributed by atoms with Gasteiger partial charge in [0.25, 0.3) is 0 Å². The Bertz CT molecular complexity index is 1880. The van der Waals surface area contributed by atoms with Crippen LogP contribution in [0.25, 0.3) is 22.3 Å². The van der Waals surface area contributed by atoms with E-state index in [9.17, 15) is 15.2 Å². The Morgan fingerprint density at radius 1 is 1.14 bits per heavy atom. The number of halogens is 1. The van der Waals surface area contributed by atoms with Gasteiger partial charge >= 0.3 is 5.97 Å². The minimum atomic E-state index is -1.03. The highest BCUT2D eigenvalue weighted by molar-refractivity contribution is 5.92. The van der Waals surface area contributed by atoms with Crippen molar-refractivity contribution in [3.05, 3.63) is 107 Å². The molecule has 1 aliphatic rings. The van der Waals surface area contributed by atoms with Crippen LogP contribution in [0.1, 0.15) is 45.4 Å². The predicted molar refractivity (Wildman–Crippen MR) is 156 cm³/mol. The number of nitriles is 1. The number of carboxylic acid groups (broad SMARTS) is 1. The molecule has 0 spiro atoms. The molecule has 3 aromatic carbocycles. The molecule has 6 rings (SSSR count). The summed E-state index contributed by atoms with van der Waals surface area (Å²) in [5.41, 5.74) is 4.41. The van der Waals surface area contributed by atoms with E-state index >= 15 is 4.39 Å². The molecule has 0 radical (unpaired) electrons. The number of benzene rings is 3. The fraction of sp³-hybridized carbons (Fsp3) is 0.212. The van der Waals surface area contributed by atoms with Crippen LogP contribution in [0.2, 0.25) is 0 Å². The van der Waals surface area contributed by atoms with Crippen molar-refractivity contribution in [3.8, 4) is 29.0 Å². The van der Waals surface area contributed by atoms with E-state index in [-0.39, 0.29) is 18.1 Å². The summed E-state index contributed by atoms with van der Waals surface area (Å²) in [6.45, 7) is 1.29. The molecule has 1 N–H and O–H groups in total. The van der Waals surface area contributed by atoms with Crippen molar-refractivity contribution in [1.29, 1.82) is 5.26 Å². The monoisotopic (exact) mass is 578 g/mol. The topological polar surface area (TPSA) is 119 Å². The average Bonchev–Trinajstić information content (AvgIpc) is 3.36. The van der Waals surface area contributed by atoms with Gasteiger partial charge < -0.3 is 23.9 Å². The van der Waals surface area contributed by atoms with E-state index < -0.39 is 11.8 Å². The van der Waals surface area contributed by atoms with Gasteiger partial charge in [-0.3, -0.25) is 0 Å². The molecule has 43 heavy (non-hydrogen) atoms. The summed E-state index contributed by atoms with van der Waals surface area (Å²) in [5.74, 6) is 0.195. The second-order valence-corrected chi connectivity index (χ2v) is 10.1. The third-order valence-corrected chi connectivity index (χ3v) is 7.40. The Balaban J connectivity index is 1.24. The first-order valence-electron chi connectivity index (χ1n) is 13.7. The van der Waals surface area contributed by atoms with Crippen LogP contribution in [-0.2, 0) is 17.7 Å². The van der Waals surface area contributed by atoms with Gasteiger partial charge in [-0.05, 0) is 48.0 Å². The van der Waals surface area contributed by atoms with Gasteiger partial charge in [0.15, 0.2) is 0 Å². The summed E-state index contributed by atoms with van der Waals surface area (Å²) < 4.78 is 34.6. The maximum atomic E-state index is 15.5. The van der Waals surface area contributed by atoms with Crippen LogP contribution in [0.3, 0.4) is 0 Å². The molecule has 0 fully saturated rings. The molecule has 0 saturated heterocycles. The highest BCUT2D eigenvalue weighted by atomic mass is 19.1. The quantitative estimate of drug-likeness (QED) is 0.228. The average molecular weight is 579 g/mol. The van der Waals surface area contributed by atoms with Gasteiger partial charge in [-0.2, -0.15) is 5.26 Å². The largest absolute Gasteiger partial charge is 0.493 e. The molecule has 5 aromatic rings. The van der Waals surface area contributed by atoms with Crippen LogP contribution in [0.4, 0.5) is 4.39 Å². The molecule has 1 atom stereocenters. The molecule has 1 aliphatic heterocycles. The van der Waals surface area contributed by atoms with E-state index in [1.807, 2.05) is 22.8 Å². The summed E-state index contributed by atoms with van der Waals surface area (Å²) in [5, 5.41) is 18.6. The molecule has 0 bridgehead atoms. The number of hydrogen-bond donors (Lipinski definition) is 1. The molecule has 9 nitrogen and oxygen atoms in total. The fourth-order valence-electron chi connectivity index (χ4n) is 5.23. The summed E-state index contributed by atoms with van der Waals surface area (Å²) in [6.07, 6.45) is 0.545. The van der Waals surface area contributed by atoms with Crippen LogP contribution in [0.5, 0.6) is 11.6 Å². The van der Waals surface area contributed by atoms with Crippen molar-refractivity contribution in [2.45, 2.75) is 25.5 Å². The van der Waals surface area contributed by atoms with Crippen LogP contribution in [0.15, 0.2) is 72.8 Å². The predicted octanol–water partition coefficient (Wildman–Crippen LogP) is 5.95. The maximum Gasteiger partial charge on any atom is 0.335 e. The maximum absolute atomic E-state index is 15.5. The number of nitrogens with zero attached hydrogens (tertiary/aromatic N) is 4. The van der Waals surface area contributed by atoms with Crippen LogP contribution < -0.4 is 9.47 Å². The lowest BCUT2D eigenvalue weighted by Crippen LogP contribution is -2.19. The van der Waals surface area contributed by atoms with Crippen molar-refractivity contribution < 1.29 is 28.5 Å². The molecular formula is C33H27FN4O5. The number of pyridine rings is 1. The van der Waals surface area contributed by atoms with Gasteiger partial charge in [-0.25, -0.2) is 19.2 Å². The van der Waals surface area contributed by atoms with Crippen molar-refractivity contribution in [2.75, 3.05) is 20.3 Å². The van der Waals surface area contributed by atoms with Crippen molar-refractivity contribution >= 4 is 17.0 Å². The third-order valence-electron chi connectivity index (χ3n) is 7.40. The summed E-state index contributed by atoms with van der Waals surface area (Å²) in [7, 11) is 1.59. The number of ether oxygens (including phenoxy) is 3. The lowest BCUT2D eigenvalue weighted by Gasteiger charge is -2.26. The number of methoxy groups -OCH3 is 1. The summed E-state index contributed by atoms with van der Waals surface area (Å²) in [4.78, 5) is 20.8. The molecule has 216 valence electrons. The normalized spacial score (nSPS) is 14.1. The van der Waals surface area contributed by atoms with Gasteiger partial charge in [-0.1, -0.05) is 24.3 Å². The van der Waals surface area contributed by atoms with Crippen molar-refractivity contribution in [2.24, 2.45) is 0 Å². The highest BCUT2D eigenvalue weighted by Crippen LogP contribution is 2.36. The smallest absolute Gasteiger partial charge is 0.335 e. The van der Waals surface area contributed by atoms with E-state index in [1.165, 1.54) is 12.1 Å². The lowest BCUT2D eigenvalue weighted by atomic mass is 10.0. The van der Waals surface area contributed by atoms with E-state index in [0.29, 0.717) is 77.1 Å². The lowest BCUT2D eigenvalue weighted by molar-refractivity contribution is 0.0697. The first-order valence-corrected chi connectivity index (χ1v) is 13.7. The van der Waals surface area contributed by atoms with Crippen molar-refractivity contribution in [1.82, 2.24) is 14.5 Å². The van der Waals surface area contributed by atoms with Crippen LogP contribution in [0, 0.1) is 17.1 Å². The number of fused-ring (bicyclic) bond motifs is 2. The zero-order valence-electron chi connectivity index (χ0n) is 23.3. The van der Waals surface area contributed by atoms with Gasteiger partial charge in [0.2, 0.25) is 5.88 Å². The highest BCUT2D eigenvalue weighted by Gasteiger charge is 2.24. The van der Waals surface area contributed by atoms with Gasteiger partial charge in [0.05, 0.1) is 47.1 Å². The summed E-state index contributed by atoms with van der Waals surface area (Å²) >= 11 is 0. The van der Waals surface area contributed by atoms with E-state index in [2.05, 4.69) is 16.0 Å². The van der Waals surface area contributed by atoms with Gasteiger partial charge in [0, 0.05) is 43.7 Å². The number of carbonyl (C=O) groups is 1. The second-order valence-electron chi connectivity index (χ2n) is 10.1. The van der Waals surface area contributed by atoms with E-state index in [0.717, 1.165) is 5.56 Å². The SMILES string of the molecule is COCCn1c(Cc2ccc(-c3cccc(OC4CCOc5cc(C#N)ccc54)n3)cc2F)nc2ccc(C(=O)O)cc21. The summed E-state index contributed by atoms with van der Waals surface area (Å²) in [6, 6.07) is 22.5. The number of aromatic nitrogens is 3. The van der Waals surface area contributed by atoms with E-state index in [4.69, 9.17) is 14.2 Å². The Morgan fingerprint density at radius 2 is 2.02 bits per heavy atom. The molecule has 2 aromatic heterocycles. The first-order chi connectivity index (χ1) is 20.9. The Morgan fingerprint density at radius 3 is 2.81 bits per heavy atom. The zero-order chi connectivity index (χ0) is 29.9. The second kappa shape index (κ2) is 11.9. The molecule has 3 heterocycles. The minimum absolute atomic E-state index is 0.154.